The minimum atomic E-state index is -3.89. The summed E-state index contributed by atoms with van der Waals surface area (Å²) < 4.78 is 36.7. The average molecular weight is 336 g/mol. The number of sulfonamides is 1. The van der Waals surface area contributed by atoms with E-state index in [1.54, 1.807) is 0 Å². The molecule has 0 aliphatic heterocycles. The topological polar surface area (TPSA) is 120 Å². The molecule has 9 nitrogen and oxygen atoms in total. The number of methoxy groups -OCH3 is 2. The smallest absolute Gasteiger partial charge is 0.321 e. The maximum Gasteiger partial charge on any atom is 0.321 e. The number of hydrogen-bond donors (Lipinski definition) is 1. The lowest BCUT2D eigenvalue weighted by atomic mass is 10.3. The van der Waals surface area contributed by atoms with E-state index in [0.29, 0.717) is 5.69 Å². The SMILES string of the molecule is COc1cc(NS(=O)(=O)c2ccc(N=C=O)cc2)nc(OC)n1. The van der Waals surface area contributed by atoms with Gasteiger partial charge in [0.25, 0.3) is 10.0 Å². The fourth-order valence-electron chi connectivity index (χ4n) is 1.60. The summed E-state index contributed by atoms with van der Waals surface area (Å²) in [5.74, 6) is 0.133. The maximum absolute atomic E-state index is 12.3. The highest BCUT2D eigenvalue weighted by molar-refractivity contribution is 7.92. The van der Waals surface area contributed by atoms with Gasteiger partial charge in [-0.15, -0.1) is 0 Å². The minimum Gasteiger partial charge on any atom is -0.481 e. The highest BCUT2D eigenvalue weighted by Gasteiger charge is 2.16. The second-order valence-corrected chi connectivity index (χ2v) is 5.77. The van der Waals surface area contributed by atoms with Gasteiger partial charge in [-0.05, 0) is 24.3 Å². The van der Waals surface area contributed by atoms with Crippen molar-refractivity contribution < 1.29 is 22.7 Å². The zero-order chi connectivity index (χ0) is 16.9. The monoisotopic (exact) mass is 336 g/mol. The Morgan fingerprint density at radius 1 is 1.13 bits per heavy atom. The first-order valence-corrected chi connectivity index (χ1v) is 7.64. The second kappa shape index (κ2) is 6.86. The lowest BCUT2D eigenvalue weighted by molar-refractivity contribution is 0.353. The van der Waals surface area contributed by atoms with E-state index < -0.39 is 10.0 Å². The molecule has 23 heavy (non-hydrogen) atoms. The Hall–Kier alpha value is -2.97. The number of benzene rings is 1. The molecule has 1 N–H and O–H groups in total. The first kappa shape index (κ1) is 16.4. The molecule has 10 heteroatoms. The Bertz CT molecular complexity index is 823. The van der Waals surface area contributed by atoms with Crippen LogP contribution < -0.4 is 14.2 Å². The van der Waals surface area contributed by atoms with Crippen LogP contribution in [0.4, 0.5) is 11.5 Å². The molecule has 0 amide bonds. The Balaban J connectivity index is 2.32. The molecule has 1 aromatic carbocycles. The van der Waals surface area contributed by atoms with Crippen LogP contribution in [0.15, 0.2) is 40.2 Å². The van der Waals surface area contributed by atoms with Gasteiger partial charge in [0, 0.05) is 6.07 Å². The van der Waals surface area contributed by atoms with Crippen LogP contribution >= 0.6 is 0 Å². The first-order chi connectivity index (χ1) is 11.0. The van der Waals surface area contributed by atoms with Crippen molar-refractivity contribution in [2.24, 2.45) is 4.99 Å². The van der Waals surface area contributed by atoms with Gasteiger partial charge in [0.05, 0.1) is 24.8 Å². The van der Waals surface area contributed by atoms with Crippen LogP contribution in [0.25, 0.3) is 0 Å². The van der Waals surface area contributed by atoms with Gasteiger partial charge in [0.2, 0.25) is 12.0 Å². The average Bonchev–Trinajstić information content (AvgIpc) is 2.54. The quantitative estimate of drug-likeness (QED) is 0.623. The van der Waals surface area contributed by atoms with Crippen LogP contribution in [-0.4, -0.2) is 38.7 Å². The molecule has 0 spiro atoms. The van der Waals surface area contributed by atoms with Gasteiger partial charge in [0.1, 0.15) is 0 Å². The van der Waals surface area contributed by atoms with Crippen LogP contribution in [-0.2, 0) is 14.8 Å². The first-order valence-electron chi connectivity index (χ1n) is 6.16. The fraction of sp³-hybridized carbons (Fsp3) is 0.154. The number of aromatic nitrogens is 2. The van der Waals surface area contributed by atoms with Crippen molar-refractivity contribution >= 4 is 27.6 Å². The Labute approximate surface area is 132 Å². The van der Waals surface area contributed by atoms with Gasteiger partial charge in [-0.2, -0.15) is 15.0 Å². The van der Waals surface area contributed by atoms with Crippen LogP contribution in [0.1, 0.15) is 0 Å². The number of ether oxygens (including phenoxy) is 2. The number of anilines is 1. The molecule has 0 saturated carbocycles. The van der Waals surface area contributed by atoms with Gasteiger partial charge in [-0.25, -0.2) is 13.2 Å². The largest absolute Gasteiger partial charge is 0.481 e. The summed E-state index contributed by atoms with van der Waals surface area (Å²) in [6.07, 6.45) is 1.37. The van der Waals surface area contributed by atoms with Gasteiger partial charge in [-0.1, -0.05) is 0 Å². The molecule has 2 rings (SSSR count). The number of isocyanates is 1. The molecule has 2 aromatic rings. The molecule has 0 aliphatic carbocycles. The van der Waals surface area contributed by atoms with E-state index in [-0.39, 0.29) is 22.6 Å². The lowest BCUT2D eigenvalue weighted by Crippen LogP contribution is -2.14. The van der Waals surface area contributed by atoms with Gasteiger partial charge in [0.15, 0.2) is 5.82 Å². The molecule has 0 radical (unpaired) electrons. The van der Waals surface area contributed by atoms with E-state index in [9.17, 15) is 13.2 Å². The summed E-state index contributed by atoms with van der Waals surface area (Å²) in [4.78, 5) is 21.3. The summed E-state index contributed by atoms with van der Waals surface area (Å²) in [6.45, 7) is 0. The van der Waals surface area contributed by atoms with E-state index in [1.807, 2.05) is 0 Å². The number of hydrogen-bond acceptors (Lipinski definition) is 8. The molecule has 1 aromatic heterocycles. The summed E-state index contributed by atoms with van der Waals surface area (Å²) >= 11 is 0. The second-order valence-electron chi connectivity index (χ2n) is 4.08. The number of carbonyl (C=O) groups excluding carboxylic acids is 1. The Kier molecular flexibility index (Phi) is 4.89. The third kappa shape index (κ3) is 4.02. The molecule has 0 fully saturated rings. The third-order valence-electron chi connectivity index (χ3n) is 2.63. The highest BCUT2D eigenvalue weighted by atomic mass is 32.2. The normalized spacial score (nSPS) is 10.5. The van der Waals surface area contributed by atoms with Crippen molar-refractivity contribution in [3.8, 4) is 11.9 Å². The van der Waals surface area contributed by atoms with Crippen molar-refractivity contribution in [3.63, 3.8) is 0 Å². The number of rotatable bonds is 6. The van der Waals surface area contributed by atoms with Gasteiger partial charge >= 0.3 is 6.01 Å². The summed E-state index contributed by atoms with van der Waals surface area (Å²) in [6, 6.07) is 6.62. The van der Waals surface area contributed by atoms with Crippen molar-refractivity contribution in [1.29, 1.82) is 0 Å². The molecule has 1 heterocycles. The van der Waals surface area contributed by atoms with Crippen molar-refractivity contribution in [1.82, 2.24) is 9.97 Å². The molecule has 0 bridgehead atoms. The summed E-state index contributed by atoms with van der Waals surface area (Å²) in [5.41, 5.74) is 0.296. The van der Waals surface area contributed by atoms with Gasteiger partial charge < -0.3 is 9.47 Å². The molecule has 0 atom stereocenters. The summed E-state index contributed by atoms with van der Waals surface area (Å²) in [7, 11) is -1.16. The van der Waals surface area contributed by atoms with Crippen LogP contribution in [0.2, 0.25) is 0 Å². The summed E-state index contributed by atoms with van der Waals surface area (Å²) in [5, 5.41) is 0. The van der Waals surface area contributed by atoms with Crippen molar-refractivity contribution in [2.45, 2.75) is 4.90 Å². The Morgan fingerprint density at radius 3 is 2.39 bits per heavy atom. The van der Waals surface area contributed by atoms with E-state index in [1.165, 1.54) is 50.6 Å². The number of nitrogens with one attached hydrogen (secondary N) is 1. The molecule has 0 saturated heterocycles. The van der Waals surface area contributed by atoms with E-state index in [2.05, 4.69) is 19.7 Å². The third-order valence-corrected chi connectivity index (χ3v) is 4.01. The van der Waals surface area contributed by atoms with E-state index >= 15 is 0 Å². The highest BCUT2D eigenvalue weighted by Crippen LogP contribution is 2.21. The fourth-order valence-corrected chi connectivity index (χ4v) is 2.59. The molecule has 0 aliphatic rings. The van der Waals surface area contributed by atoms with Crippen LogP contribution in [0.5, 0.6) is 11.9 Å². The van der Waals surface area contributed by atoms with Crippen molar-refractivity contribution in [3.05, 3.63) is 30.3 Å². The molecule has 0 unspecified atom stereocenters. The molecular weight excluding hydrogens is 324 g/mol. The van der Waals surface area contributed by atoms with E-state index in [4.69, 9.17) is 9.47 Å². The van der Waals surface area contributed by atoms with Crippen molar-refractivity contribution in [2.75, 3.05) is 18.9 Å². The number of aliphatic imine (C=N–C) groups is 1. The lowest BCUT2D eigenvalue weighted by Gasteiger charge is -2.09. The minimum absolute atomic E-state index is 0.0105. The zero-order valence-electron chi connectivity index (χ0n) is 12.2. The molecule has 120 valence electrons. The van der Waals surface area contributed by atoms with E-state index in [0.717, 1.165) is 0 Å². The standard InChI is InChI=1S/C13H12N4O5S/c1-21-12-7-11(15-13(16-12)22-2)17-23(19,20)10-5-3-9(4-6-10)14-8-18/h3-7H,1-2H3,(H,15,16,17). The van der Waals surface area contributed by atoms with Crippen LogP contribution in [0.3, 0.4) is 0 Å². The zero-order valence-corrected chi connectivity index (χ0v) is 13.0. The number of nitrogens with zero attached hydrogens (tertiary/aromatic N) is 3. The van der Waals surface area contributed by atoms with Gasteiger partial charge in [-0.3, -0.25) is 4.72 Å². The Morgan fingerprint density at radius 2 is 1.83 bits per heavy atom. The van der Waals surface area contributed by atoms with Crippen LogP contribution in [0, 0.1) is 0 Å². The molecular formula is C13H12N4O5S. The maximum atomic E-state index is 12.3. The predicted molar refractivity (Wildman–Crippen MR) is 80.2 cm³/mol. The predicted octanol–water partition coefficient (Wildman–Crippen LogP) is 1.26.